The lowest BCUT2D eigenvalue weighted by Gasteiger charge is -2.07. The van der Waals surface area contributed by atoms with Crippen molar-refractivity contribution < 1.29 is 26.3 Å². The number of nitrogens with zero attached hydrogens (tertiary/aromatic N) is 4. The van der Waals surface area contributed by atoms with Crippen LogP contribution in [0.25, 0.3) is 22.6 Å². The maximum absolute atomic E-state index is 13.9. The van der Waals surface area contributed by atoms with Crippen molar-refractivity contribution in [1.29, 1.82) is 0 Å². The largest absolute Gasteiger partial charge is 1.00 e. The zero-order valence-corrected chi connectivity index (χ0v) is 20.9. The summed E-state index contributed by atoms with van der Waals surface area (Å²) in [4.78, 5) is 13.9. The summed E-state index contributed by atoms with van der Waals surface area (Å²) in [5.74, 6) is 2.02. The van der Waals surface area contributed by atoms with Crippen LogP contribution in [0.4, 0.5) is 0 Å². The standard InChI is InChI=1S/C26H29N4O2.BrH/c1-19-25(26(31)30(27(19)2)21-10-6-4-7-11-21)29-23(20-13-15-22(32-3)16-14-20)18-28-17-9-5-8-12-24(28)29;/h4,6-7,10-11,13-16,18H,5,8-9,12,17H2,1-3H3;1H/q+1;/p-1. The molecule has 1 aliphatic heterocycles. The van der Waals surface area contributed by atoms with Crippen molar-refractivity contribution in [2.45, 2.75) is 39.2 Å². The van der Waals surface area contributed by atoms with Gasteiger partial charge in [0, 0.05) is 19.0 Å². The van der Waals surface area contributed by atoms with E-state index in [1.165, 1.54) is 12.2 Å². The van der Waals surface area contributed by atoms with Gasteiger partial charge in [-0.25, -0.2) is 9.25 Å². The second-order valence-corrected chi connectivity index (χ2v) is 8.41. The van der Waals surface area contributed by atoms with Crippen LogP contribution in [0.3, 0.4) is 0 Å². The zero-order chi connectivity index (χ0) is 22.2. The second kappa shape index (κ2) is 9.43. The van der Waals surface area contributed by atoms with Crippen LogP contribution in [0.2, 0.25) is 0 Å². The smallest absolute Gasteiger partial charge is 0.319 e. The molecule has 3 heterocycles. The minimum absolute atomic E-state index is 0. The number of imidazole rings is 1. The first-order valence-electron chi connectivity index (χ1n) is 11.2. The van der Waals surface area contributed by atoms with Gasteiger partial charge in [-0.3, -0.25) is 9.48 Å². The van der Waals surface area contributed by atoms with Gasteiger partial charge in [-0.15, -0.1) is 0 Å². The highest BCUT2D eigenvalue weighted by molar-refractivity contribution is 5.63. The Morgan fingerprint density at radius 1 is 0.970 bits per heavy atom. The van der Waals surface area contributed by atoms with Crippen LogP contribution in [0.15, 0.2) is 65.6 Å². The summed E-state index contributed by atoms with van der Waals surface area (Å²) in [5.41, 5.74) is 4.63. The van der Waals surface area contributed by atoms with Crippen molar-refractivity contribution in [3.05, 3.63) is 82.7 Å². The van der Waals surface area contributed by atoms with E-state index >= 15 is 0 Å². The van der Waals surface area contributed by atoms with Crippen LogP contribution in [0.1, 0.15) is 30.8 Å². The van der Waals surface area contributed by atoms with E-state index in [1.807, 2.05) is 61.1 Å². The van der Waals surface area contributed by atoms with E-state index in [0.717, 1.165) is 59.9 Å². The fraction of sp³-hybridized carbons (Fsp3) is 0.308. The van der Waals surface area contributed by atoms with Crippen LogP contribution in [-0.4, -0.2) is 21.0 Å². The molecule has 0 aliphatic carbocycles. The summed E-state index contributed by atoms with van der Waals surface area (Å²) in [7, 11) is 3.63. The highest BCUT2D eigenvalue weighted by atomic mass is 79.9. The fourth-order valence-corrected chi connectivity index (χ4v) is 4.76. The molecule has 0 bridgehead atoms. The first-order valence-corrected chi connectivity index (χ1v) is 11.2. The van der Waals surface area contributed by atoms with Crippen molar-refractivity contribution in [1.82, 2.24) is 13.9 Å². The van der Waals surface area contributed by atoms with Gasteiger partial charge >= 0.3 is 5.56 Å². The number of ether oxygens (including phenoxy) is 1. The molecule has 0 unspecified atom stereocenters. The molecule has 0 amide bonds. The Kier molecular flexibility index (Phi) is 6.61. The number of halogens is 1. The van der Waals surface area contributed by atoms with E-state index in [-0.39, 0.29) is 22.5 Å². The highest BCUT2D eigenvalue weighted by Crippen LogP contribution is 2.28. The van der Waals surface area contributed by atoms with E-state index in [9.17, 15) is 4.79 Å². The molecule has 6 nitrogen and oxygen atoms in total. The first-order chi connectivity index (χ1) is 15.6. The quantitative estimate of drug-likeness (QED) is 0.385. The third-order valence-electron chi connectivity index (χ3n) is 6.54. The van der Waals surface area contributed by atoms with E-state index < -0.39 is 0 Å². The van der Waals surface area contributed by atoms with Gasteiger partial charge in [-0.05, 0) is 62.6 Å². The number of aromatic nitrogens is 4. The number of para-hydroxylation sites is 1. The number of hydrogen-bond donors (Lipinski definition) is 0. The van der Waals surface area contributed by atoms with Gasteiger partial charge in [0.1, 0.15) is 11.9 Å². The average Bonchev–Trinajstić information content (AvgIpc) is 3.15. The minimum atomic E-state index is -0.00536. The van der Waals surface area contributed by atoms with Crippen LogP contribution in [0, 0.1) is 6.92 Å². The maximum Gasteiger partial charge on any atom is 0.319 e. The minimum Gasteiger partial charge on any atom is -1.00 e. The summed E-state index contributed by atoms with van der Waals surface area (Å²) in [6.45, 7) is 3.01. The zero-order valence-electron chi connectivity index (χ0n) is 19.3. The number of fused-ring (bicyclic) bond motifs is 1. The topological polar surface area (TPSA) is 45.0 Å². The SMILES string of the molecule is COc1ccc(-c2c[n+]3c(n2-c2c(C)n(C)n(-c4ccccc4)c2=O)CCCCC3)cc1.[Br-]. The number of hydrogen-bond acceptors (Lipinski definition) is 2. The molecule has 33 heavy (non-hydrogen) atoms. The Hall–Kier alpha value is -3.06. The number of rotatable bonds is 4. The molecule has 5 rings (SSSR count). The molecular weight excluding hydrogens is 480 g/mol. The third kappa shape index (κ3) is 3.95. The van der Waals surface area contributed by atoms with Crippen LogP contribution < -0.4 is 31.8 Å². The van der Waals surface area contributed by atoms with Gasteiger partial charge < -0.3 is 21.7 Å². The van der Waals surface area contributed by atoms with E-state index in [4.69, 9.17) is 4.74 Å². The Morgan fingerprint density at radius 3 is 2.39 bits per heavy atom. The summed E-state index contributed by atoms with van der Waals surface area (Å²) in [6.07, 6.45) is 6.66. The van der Waals surface area contributed by atoms with Crippen molar-refractivity contribution >= 4 is 0 Å². The Balaban J connectivity index is 0.00000259. The molecule has 4 aromatic rings. The summed E-state index contributed by atoms with van der Waals surface area (Å²) >= 11 is 0. The second-order valence-electron chi connectivity index (χ2n) is 8.41. The lowest BCUT2D eigenvalue weighted by atomic mass is 10.1. The van der Waals surface area contributed by atoms with Gasteiger partial charge in [-0.2, -0.15) is 4.57 Å². The van der Waals surface area contributed by atoms with Crippen molar-refractivity contribution in [2.24, 2.45) is 7.05 Å². The Morgan fingerprint density at radius 2 is 1.70 bits per heavy atom. The Labute approximate surface area is 204 Å². The molecular formula is C26H29BrN4O2. The molecule has 0 fully saturated rings. The molecule has 0 saturated carbocycles. The summed E-state index contributed by atoms with van der Waals surface area (Å²) in [5, 5.41) is 0. The molecule has 0 N–H and O–H groups in total. The lowest BCUT2D eigenvalue weighted by molar-refractivity contribution is -0.702. The van der Waals surface area contributed by atoms with Crippen molar-refractivity contribution in [3.8, 4) is 28.4 Å². The number of methoxy groups -OCH3 is 1. The molecule has 0 radical (unpaired) electrons. The monoisotopic (exact) mass is 508 g/mol. The third-order valence-corrected chi connectivity index (χ3v) is 6.54. The van der Waals surface area contributed by atoms with Crippen LogP contribution in [-0.2, 0) is 20.0 Å². The predicted molar refractivity (Wildman–Crippen MR) is 125 cm³/mol. The van der Waals surface area contributed by atoms with Gasteiger partial charge in [0.2, 0.25) is 5.69 Å². The summed E-state index contributed by atoms with van der Waals surface area (Å²) in [6, 6.07) is 17.9. The van der Waals surface area contributed by atoms with Crippen LogP contribution in [0.5, 0.6) is 5.75 Å². The summed E-state index contributed by atoms with van der Waals surface area (Å²) < 4.78 is 13.6. The average molecular weight is 509 g/mol. The molecule has 0 atom stereocenters. The number of benzene rings is 2. The Bertz CT molecular complexity index is 1320. The molecule has 0 spiro atoms. The van der Waals surface area contributed by atoms with Gasteiger partial charge in [0.05, 0.1) is 25.0 Å². The molecule has 7 heteroatoms. The lowest BCUT2D eigenvalue weighted by Crippen LogP contribution is -3.00. The van der Waals surface area contributed by atoms with Gasteiger partial charge in [-0.1, -0.05) is 18.2 Å². The van der Waals surface area contributed by atoms with E-state index in [2.05, 4.69) is 27.5 Å². The van der Waals surface area contributed by atoms with Crippen LogP contribution >= 0.6 is 0 Å². The van der Waals surface area contributed by atoms with Crippen molar-refractivity contribution in [2.75, 3.05) is 7.11 Å². The van der Waals surface area contributed by atoms with E-state index in [0.29, 0.717) is 0 Å². The predicted octanol–water partition coefficient (Wildman–Crippen LogP) is 0.969. The molecule has 1 aliphatic rings. The van der Waals surface area contributed by atoms with Crippen molar-refractivity contribution in [3.63, 3.8) is 0 Å². The fourth-order valence-electron chi connectivity index (χ4n) is 4.76. The molecule has 172 valence electrons. The van der Waals surface area contributed by atoms with Gasteiger partial charge in [0.25, 0.3) is 5.82 Å². The van der Waals surface area contributed by atoms with Gasteiger partial charge in [0.15, 0.2) is 5.69 Å². The number of aryl methyl sites for hydroxylation is 1. The molecule has 0 saturated heterocycles. The normalized spacial score (nSPS) is 13.2. The highest BCUT2D eigenvalue weighted by Gasteiger charge is 2.32. The van der Waals surface area contributed by atoms with E-state index in [1.54, 1.807) is 11.8 Å². The molecule has 2 aromatic heterocycles. The maximum atomic E-state index is 13.9. The first kappa shape index (κ1) is 23.1. The molecule has 2 aromatic carbocycles.